The molecule has 0 aromatic carbocycles. The van der Waals surface area contributed by atoms with Crippen molar-refractivity contribution in [3.05, 3.63) is 18.2 Å². The molecule has 104 valence electrons. The largest absolute Gasteiger partial charge is 0.373 e. The van der Waals surface area contributed by atoms with E-state index >= 15 is 0 Å². The van der Waals surface area contributed by atoms with E-state index in [0.29, 0.717) is 0 Å². The second kappa shape index (κ2) is 5.78. The third-order valence-electron chi connectivity index (χ3n) is 4.38. The molecule has 2 aliphatic rings. The number of anilines is 2. The van der Waals surface area contributed by atoms with Crippen LogP contribution in [0.1, 0.15) is 25.7 Å². The molecule has 4 heteroatoms. The van der Waals surface area contributed by atoms with Crippen molar-refractivity contribution in [1.29, 1.82) is 0 Å². The van der Waals surface area contributed by atoms with E-state index in [-0.39, 0.29) is 0 Å². The van der Waals surface area contributed by atoms with E-state index in [1.54, 1.807) is 0 Å². The van der Waals surface area contributed by atoms with E-state index < -0.39 is 0 Å². The molecule has 4 nitrogen and oxygen atoms in total. The quantitative estimate of drug-likeness (QED) is 0.902. The zero-order chi connectivity index (χ0) is 13.1. The number of piperidine rings is 1. The predicted molar refractivity (Wildman–Crippen MR) is 79.8 cm³/mol. The van der Waals surface area contributed by atoms with Crippen molar-refractivity contribution >= 4 is 11.6 Å². The first-order valence-electron chi connectivity index (χ1n) is 7.50. The lowest BCUT2D eigenvalue weighted by molar-refractivity contribution is 0.175. The Morgan fingerprint density at radius 3 is 2.79 bits per heavy atom. The number of aromatic nitrogens is 1. The van der Waals surface area contributed by atoms with Crippen molar-refractivity contribution < 1.29 is 0 Å². The fourth-order valence-corrected chi connectivity index (χ4v) is 3.27. The van der Waals surface area contributed by atoms with Crippen molar-refractivity contribution in [3.8, 4) is 0 Å². The molecule has 1 atom stereocenters. The first-order chi connectivity index (χ1) is 9.36. The number of pyridine rings is 1. The molecule has 3 rings (SSSR count). The van der Waals surface area contributed by atoms with Crippen molar-refractivity contribution in [2.24, 2.45) is 0 Å². The molecule has 0 saturated carbocycles. The summed E-state index contributed by atoms with van der Waals surface area (Å²) in [5.41, 5.74) is 0. The van der Waals surface area contributed by atoms with Crippen LogP contribution in [0.2, 0.25) is 0 Å². The molecule has 0 amide bonds. The first-order valence-corrected chi connectivity index (χ1v) is 7.50. The fourth-order valence-electron chi connectivity index (χ4n) is 3.27. The van der Waals surface area contributed by atoms with Gasteiger partial charge in [0.2, 0.25) is 0 Å². The summed E-state index contributed by atoms with van der Waals surface area (Å²) in [6.45, 7) is 4.87. The topological polar surface area (TPSA) is 31.4 Å². The fraction of sp³-hybridized carbons (Fsp3) is 0.667. The normalized spacial score (nSPS) is 24.7. The Bertz CT molecular complexity index is 414. The van der Waals surface area contributed by atoms with Crippen molar-refractivity contribution in [2.45, 2.75) is 31.7 Å². The minimum atomic E-state index is 0.736. The molecule has 1 aromatic heterocycles. The molecular formula is C15H24N4. The van der Waals surface area contributed by atoms with Gasteiger partial charge in [0, 0.05) is 26.2 Å². The van der Waals surface area contributed by atoms with Crippen LogP contribution in [-0.4, -0.2) is 49.2 Å². The van der Waals surface area contributed by atoms with Gasteiger partial charge in [-0.25, -0.2) is 4.98 Å². The standard InChI is InChI=1S/C15H24N4/c1-16-14-6-5-7-15(17-14)19-11-8-13(12-19)18-9-3-2-4-10-18/h5-7,13H,2-4,8-12H2,1H3,(H,16,17). The van der Waals surface area contributed by atoms with Gasteiger partial charge in [-0.2, -0.15) is 0 Å². The second-order valence-electron chi connectivity index (χ2n) is 5.62. The van der Waals surface area contributed by atoms with Gasteiger partial charge in [0.15, 0.2) is 0 Å². The highest BCUT2D eigenvalue weighted by molar-refractivity contribution is 5.47. The average Bonchev–Trinajstić information content (AvgIpc) is 2.98. The Morgan fingerprint density at radius 2 is 2.00 bits per heavy atom. The van der Waals surface area contributed by atoms with Gasteiger partial charge < -0.3 is 10.2 Å². The Balaban J connectivity index is 1.64. The van der Waals surface area contributed by atoms with Crippen molar-refractivity contribution in [1.82, 2.24) is 9.88 Å². The molecule has 1 N–H and O–H groups in total. The van der Waals surface area contributed by atoms with Gasteiger partial charge in [-0.1, -0.05) is 12.5 Å². The van der Waals surface area contributed by atoms with Crippen LogP contribution in [0.3, 0.4) is 0 Å². The number of nitrogens with one attached hydrogen (secondary N) is 1. The summed E-state index contributed by atoms with van der Waals surface area (Å²) >= 11 is 0. The van der Waals surface area contributed by atoms with E-state index in [1.807, 2.05) is 13.1 Å². The molecule has 1 unspecified atom stereocenters. The van der Waals surface area contributed by atoms with Crippen LogP contribution in [0.4, 0.5) is 11.6 Å². The van der Waals surface area contributed by atoms with Gasteiger partial charge in [-0.15, -0.1) is 0 Å². The molecule has 2 fully saturated rings. The third-order valence-corrected chi connectivity index (χ3v) is 4.38. The molecule has 0 radical (unpaired) electrons. The summed E-state index contributed by atoms with van der Waals surface area (Å²) in [7, 11) is 1.92. The first kappa shape index (κ1) is 12.7. The van der Waals surface area contributed by atoms with Crippen LogP contribution in [0.25, 0.3) is 0 Å². The lowest BCUT2D eigenvalue weighted by Crippen LogP contribution is -2.40. The summed E-state index contributed by atoms with van der Waals surface area (Å²) < 4.78 is 0. The zero-order valence-corrected chi connectivity index (χ0v) is 11.8. The number of rotatable bonds is 3. The van der Waals surface area contributed by atoms with Gasteiger partial charge in [0.05, 0.1) is 0 Å². The highest BCUT2D eigenvalue weighted by Gasteiger charge is 2.29. The molecule has 19 heavy (non-hydrogen) atoms. The van der Waals surface area contributed by atoms with E-state index in [0.717, 1.165) is 30.8 Å². The monoisotopic (exact) mass is 260 g/mol. The second-order valence-corrected chi connectivity index (χ2v) is 5.62. The molecule has 3 heterocycles. The van der Waals surface area contributed by atoms with Crippen LogP contribution >= 0.6 is 0 Å². The SMILES string of the molecule is CNc1cccc(N2CCC(N3CCCCC3)C2)n1. The van der Waals surface area contributed by atoms with Crippen LogP contribution in [-0.2, 0) is 0 Å². The summed E-state index contributed by atoms with van der Waals surface area (Å²) in [5, 5.41) is 3.12. The van der Waals surface area contributed by atoms with Gasteiger partial charge in [-0.3, -0.25) is 4.90 Å². The molecular weight excluding hydrogens is 236 g/mol. The van der Waals surface area contributed by atoms with Gasteiger partial charge in [0.1, 0.15) is 11.6 Å². The lowest BCUT2D eigenvalue weighted by Gasteiger charge is -2.32. The Labute approximate surface area is 115 Å². The maximum atomic E-state index is 4.65. The molecule has 0 bridgehead atoms. The van der Waals surface area contributed by atoms with E-state index in [1.165, 1.54) is 38.8 Å². The third kappa shape index (κ3) is 2.84. The van der Waals surface area contributed by atoms with Crippen molar-refractivity contribution in [2.75, 3.05) is 43.4 Å². The molecule has 0 spiro atoms. The highest BCUT2D eigenvalue weighted by atomic mass is 15.3. The zero-order valence-electron chi connectivity index (χ0n) is 11.8. The maximum absolute atomic E-state index is 4.65. The summed E-state index contributed by atoms with van der Waals surface area (Å²) in [6.07, 6.45) is 5.46. The van der Waals surface area contributed by atoms with Crippen LogP contribution < -0.4 is 10.2 Å². The summed E-state index contributed by atoms with van der Waals surface area (Å²) in [4.78, 5) is 9.77. The minimum absolute atomic E-state index is 0.736. The van der Waals surface area contributed by atoms with E-state index in [4.69, 9.17) is 0 Å². The Kier molecular flexibility index (Phi) is 3.87. The summed E-state index contributed by atoms with van der Waals surface area (Å²) in [6, 6.07) is 6.96. The number of likely N-dealkylation sites (tertiary alicyclic amines) is 1. The van der Waals surface area contributed by atoms with Gasteiger partial charge in [-0.05, 0) is 44.5 Å². The number of hydrogen-bond acceptors (Lipinski definition) is 4. The molecule has 0 aliphatic carbocycles. The van der Waals surface area contributed by atoms with Crippen molar-refractivity contribution in [3.63, 3.8) is 0 Å². The van der Waals surface area contributed by atoms with Gasteiger partial charge >= 0.3 is 0 Å². The number of hydrogen-bond donors (Lipinski definition) is 1. The number of nitrogens with zero attached hydrogens (tertiary/aromatic N) is 3. The van der Waals surface area contributed by atoms with E-state index in [2.05, 4.69) is 32.2 Å². The van der Waals surface area contributed by atoms with Gasteiger partial charge in [0.25, 0.3) is 0 Å². The lowest BCUT2D eigenvalue weighted by atomic mass is 10.1. The highest BCUT2D eigenvalue weighted by Crippen LogP contribution is 2.24. The molecule has 2 aliphatic heterocycles. The predicted octanol–water partition coefficient (Wildman–Crippen LogP) is 2.19. The minimum Gasteiger partial charge on any atom is -0.373 e. The molecule has 1 aromatic rings. The maximum Gasteiger partial charge on any atom is 0.131 e. The summed E-state index contributed by atoms with van der Waals surface area (Å²) in [5.74, 6) is 2.07. The smallest absolute Gasteiger partial charge is 0.131 e. The molecule has 2 saturated heterocycles. The van der Waals surface area contributed by atoms with Crippen LogP contribution in [0, 0.1) is 0 Å². The van der Waals surface area contributed by atoms with E-state index in [9.17, 15) is 0 Å². The Hall–Kier alpha value is -1.29. The van der Waals surface area contributed by atoms with Crippen LogP contribution in [0.15, 0.2) is 18.2 Å². The average molecular weight is 260 g/mol. The van der Waals surface area contributed by atoms with Crippen LogP contribution in [0.5, 0.6) is 0 Å². The Morgan fingerprint density at radius 1 is 1.16 bits per heavy atom.